The molecule has 0 aliphatic carbocycles. The van der Waals surface area contributed by atoms with Crippen LogP contribution < -0.4 is 5.73 Å². The number of fused-ring (bicyclic) bond motifs is 1. The van der Waals surface area contributed by atoms with E-state index in [0.29, 0.717) is 11.6 Å². The fraction of sp³-hybridized carbons (Fsp3) is 0.417. The summed E-state index contributed by atoms with van der Waals surface area (Å²) in [5.74, 6) is 0.617. The zero-order chi connectivity index (χ0) is 11.0. The molecule has 0 radical (unpaired) electrons. The van der Waals surface area contributed by atoms with Crippen molar-refractivity contribution in [2.45, 2.75) is 20.4 Å². The summed E-state index contributed by atoms with van der Waals surface area (Å²) in [6.45, 7) is 5.77. The molecule has 0 atom stereocenters. The fourth-order valence-corrected chi connectivity index (χ4v) is 1.97. The summed E-state index contributed by atoms with van der Waals surface area (Å²) in [4.78, 5) is 13.8. The topological polar surface area (TPSA) is 46.3 Å². The summed E-state index contributed by atoms with van der Waals surface area (Å²) >= 11 is 0. The van der Waals surface area contributed by atoms with Crippen molar-refractivity contribution < 1.29 is 4.79 Å². The quantitative estimate of drug-likeness (QED) is 0.748. The third-order valence-electron chi connectivity index (χ3n) is 2.60. The van der Waals surface area contributed by atoms with Gasteiger partial charge in [0.1, 0.15) is 0 Å². The summed E-state index contributed by atoms with van der Waals surface area (Å²) in [7, 11) is 0. The normalized spacial score (nSPS) is 14.9. The Morgan fingerprint density at radius 3 is 2.87 bits per heavy atom. The Morgan fingerprint density at radius 2 is 2.20 bits per heavy atom. The number of benzene rings is 1. The van der Waals surface area contributed by atoms with Crippen molar-refractivity contribution in [2.24, 2.45) is 5.92 Å². The standard InChI is InChI=1S/C12H16N2O/c1-8(2)6-14-7-9-3-4-10(13)5-11(9)12(14)15/h3-5,8H,6-7,13H2,1-2H3. The molecule has 1 aromatic rings. The number of nitrogens with zero attached hydrogens (tertiary/aromatic N) is 1. The van der Waals surface area contributed by atoms with Crippen molar-refractivity contribution in [1.29, 1.82) is 0 Å². The second kappa shape index (κ2) is 3.57. The maximum absolute atomic E-state index is 12.0. The van der Waals surface area contributed by atoms with E-state index in [0.717, 1.165) is 24.2 Å². The maximum atomic E-state index is 12.0. The predicted octanol–water partition coefficient (Wildman–Crippen LogP) is 1.88. The van der Waals surface area contributed by atoms with Gasteiger partial charge in [0.15, 0.2) is 0 Å². The van der Waals surface area contributed by atoms with E-state index >= 15 is 0 Å². The molecule has 1 amide bonds. The molecule has 1 heterocycles. The van der Waals surface area contributed by atoms with Crippen LogP contribution in [0.25, 0.3) is 0 Å². The second-order valence-corrected chi connectivity index (χ2v) is 4.50. The number of carbonyl (C=O) groups excluding carboxylic acids is 1. The molecule has 80 valence electrons. The van der Waals surface area contributed by atoms with Crippen LogP contribution in [-0.2, 0) is 6.54 Å². The van der Waals surface area contributed by atoms with Crippen LogP contribution in [0.3, 0.4) is 0 Å². The van der Waals surface area contributed by atoms with E-state index in [1.807, 2.05) is 17.0 Å². The first-order valence-electron chi connectivity index (χ1n) is 5.25. The van der Waals surface area contributed by atoms with Gasteiger partial charge in [-0.15, -0.1) is 0 Å². The van der Waals surface area contributed by atoms with Gasteiger partial charge in [0.25, 0.3) is 5.91 Å². The highest BCUT2D eigenvalue weighted by Crippen LogP contribution is 2.25. The Hall–Kier alpha value is -1.51. The number of nitrogen functional groups attached to an aromatic ring is 1. The van der Waals surface area contributed by atoms with E-state index < -0.39 is 0 Å². The molecule has 0 saturated heterocycles. The number of anilines is 1. The first-order chi connectivity index (χ1) is 7.08. The molecule has 0 bridgehead atoms. The van der Waals surface area contributed by atoms with Gasteiger partial charge in [0.2, 0.25) is 0 Å². The summed E-state index contributed by atoms with van der Waals surface area (Å²) < 4.78 is 0. The Kier molecular flexibility index (Phi) is 2.39. The van der Waals surface area contributed by atoms with Crippen molar-refractivity contribution >= 4 is 11.6 Å². The SMILES string of the molecule is CC(C)CN1Cc2ccc(N)cc2C1=O. The summed E-state index contributed by atoms with van der Waals surface area (Å²) in [5, 5.41) is 0. The monoisotopic (exact) mass is 204 g/mol. The lowest BCUT2D eigenvalue weighted by Crippen LogP contribution is -2.27. The van der Waals surface area contributed by atoms with Crippen LogP contribution in [0, 0.1) is 5.92 Å². The number of nitrogens with two attached hydrogens (primary N) is 1. The van der Waals surface area contributed by atoms with E-state index in [1.54, 1.807) is 6.07 Å². The number of hydrogen-bond donors (Lipinski definition) is 1. The Labute approximate surface area is 89.9 Å². The lowest BCUT2D eigenvalue weighted by atomic mass is 10.1. The van der Waals surface area contributed by atoms with Gasteiger partial charge in [-0.1, -0.05) is 19.9 Å². The van der Waals surface area contributed by atoms with Gasteiger partial charge in [-0.3, -0.25) is 4.79 Å². The molecule has 1 aliphatic rings. The summed E-state index contributed by atoms with van der Waals surface area (Å²) in [6, 6.07) is 5.58. The van der Waals surface area contributed by atoms with Crippen molar-refractivity contribution in [2.75, 3.05) is 12.3 Å². The van der Waals surface area contributed by atoms with Crippen molar-refractivity contribution in [3.05, 3.63) is 29.3 Å². The summed E-state index contributed by atoms with van der Waals surface area (Å²) in [5.41, 5.74) is 8.20. The third-order valence-corrected chi connectivity index (χ3v) is 2.60. The Bertz CT molecular complexity index is 399. The maximum Gasteiger partial charge on any atom is 0.254 e. The highest BCUT2D eigenvalue weighted by atomic mass is 16.2. The van der Waals surface area contributed by atoms with Gasteiger partial charge in [-0.25, -0.2) is 0 Å². The van der Waals surface area contributed by atoms with Gasteiger partial charge in [-0.05, 0) is 23.6 Å². The van der Waals surface area contributed by atoms with E-state index in [1.165, 1.54) is 0 Å². The zero-order valence-electron chi connectivity index (χ0n) is 9.16. The fourth-order valence-electron chi connectivity index (χ4n) is 1.97. The van der Waals surface area contributed by atoms with Crippen molar-refractivity contribution in [3.8, 4) is 0 Å². The minimum atomic E-state index is 0.117. The van der Waals surface area contributed by atoms with E-state index in [-0.39, 0.29) is 5.91 Å². The molecule has 3 nitrogen and oxygen atoms in total. The molecular formula is C12H16N2O. The minimum Gasteiger partial charge on any atom is -0.399 e. The molecule has 0 spiro atoms. The van der Waals surface area contributed by atoms with E-state index in [9.17, 15) is 4.79 Å². The lowest BCUT2D eigenvalue weighted by Gasteiger charge is -2.17. The molecule has 0 fully saturated rings. The van der Waals surface area contributed by atoms with Crippen molar-refractivity contribution in [3.63, 3.8) is 0 Å². The first kappa shape index (κ1) is 10.0. The second-order valence-electron chi connectivity index (χ2n) is 4.50. The molecular weight excluding hydrogens is 188 g/mol. The van der Waals surface area contributed by atoms with Crippen LogP contribution >= 0.6 is 0 Å². The smallest absolute Gasteiger partial charge is 0.254 e. The van der Waals surface area contributed by atoms with Crippen LogP contribution in [0.15, 0.2) is 18.2 Å². The van der Waals surface area contributed by atoms with Crippen LogP contribution in [0.5, 0.6) is 0 Å². The van der Waals surface area contributed by atoms with Gasteiger partial charge in [0, 0.05) is 24.3 Å². The van der Waals surface area contributed by atoms with Crippen LogP contribution in [0.2, 0.25) is 0 Å². The number of hydrogen-bond acceptors (Lipinski definition) is 2. The number of carbonyl (C=O) groups is 1. The van der Waals surface area contributed by atoms with Gasteiger partial charge in [0.05, 0.1) is 0 Å². The van der Waals surface area contributed by atoms with Crippen molar-refractivity contribution in [1.82, 2.24) is 4.90 Å². The van der Waals surface area contributed by atoms with E-state index in [2.05, 4.69) is 13.8 Å². The zero-order valence-corrected chi connectivity index (χ0v) is 9.16. The average molecular weight is 204 g/mol. The Morgan fingerprint density at radius 1 is 1.47 bits per heavy atom. The molecule has 2 rings (SSSR count). The highest BCUT2D eigenvalue weighted by molar-refractivity contribution is 5.99. The summed E-state index contributed by atoms with van der Waals surface area (Å²) in [6.07, 6.45) is 0. The molecule has 0 aromatic heterocycles. The van der Waals surface area contributed by atoms with Gasteiger partial charge >= 0.3 is 0 Å². The average Bonchev–Trinajstić information content (AvgIpc) is 2.44. The third kappa shape index (κ3) is 1.82. The van der Waals surface area contributed by atoms with Crippen LogP contribution in [-0.4, -0.2) is 17.4 Å². The number of amides is 1. The highest BCUT2D eigenvalue weighted by Gasteiger charge is 2.27. The lowest BCUT2D eigenvalue weighted by molar-refractivity contribution is 0.0760. The van der Waals surface area contributed by atoms with Gasteiger partial charge < -0.3 is 10.6 Å². The molecule has 3 heteroatoms. The van der Waals surface area contributed by atoms with Crippen LogP contribution in [0.1, 0.15) is 29.8 Å². The Balaban J connectivity index is 2.26. The molecule has 15 heavy (non-hydrogen) atoms. The van der Waals surface area contributed by atoms with E-state index in [4.69, 9.17) is 5.73 Å². The first-order valence-corrected chi connectivity index (χ1v) is 5.25. The van der Waals surface area contributed by atoms with Crippen LogP contribution in [0.4, 0.5) is 5.69 Å². The van der Waals surface area contributed by atoms with Gasteiger partial charge in [-0.2, -0.15) is 0 Å². The molecule has 1 aromatic carbocycles. The molecule has 0 unspecified atom stereocenters. The predicted molar refractivity (Wildman–Crippen MR) is 60.4 cm³/mol. The molecule has 0 saturated carbocycles. The minimum absolute atomic E-state index is 0.117. The number of rotatable bonds is 2. The molecule has 1 aliphatic heterocycles. The molecule has 2 N–H and O–H groups in total. The largest absolute Gasteiger partial charge is 0.399 e.